The van der Waals surface area contributed by atoms with Crippen molar-refractivity contribution in [1.82, 2.24) is 0 Å². The SMILES string of the molecule is CCCCc1ccc([C@H]2CC[C@H](CC/C=C(\F)C#N)CC2)cc1. The maximum atomic E-state index is 12.8. The number of benzene rings is 1. The van der Waals surface area contributed by atoms with Crippen molar-refractivity contribution in [3.63, 3.8) is 0 Å². The van der Waals surface area contributed by atoms with Gasteiger partial charge in [0.1, 0.15) is 6.07 Å². The molecule has 1 aliphatic rings. The first-order chi connectivity index (χ1) is 11.2. The molecule has 1 aromatic rings. The van der Waals surface area contributed by atoms with Crippen LogP contribution in [0.1, 0.15) is 75.3 Å². The van der Waals surface area contributed by atoms with Crippen LogP contribution in [-0.4, -0.2) is 0 Å². The molecule has 23 heavy (non-hydrogen) atoms. The van der Waals surface area contributed by atoms with Crippen molar-refractivity contribution in [1.29, 1.82) is 5.26 Å². The van der Waals surface area contributed by atoms with Crippen molar-refractivity contribution in [3.05, 3.63) is 47.3 Å². The van der Waals surface area contributed by atoms with Crippen LogP contribution in [0.15, 0.2) is 36.2 Å². The van der Waals surface area contributed by atoms with Crippen LogP contribution in [0.25, 0.3) is 0 Å². The van der Waals surface area contributed by atoms with E-state index in [0.29, 0.717) is 18.3 Å². The van der Waals surface area contributed by atoms with Gasteiger partial charge >= 0.3 is 0 Å². The quantitative estimate of drug-likeness (QED) is 0.530. The predicted molar refractivity (Wildman–Crippen MR) is 93.8 cm³/mol. The molecule has 1 saturated carbocycles. The van der Waals surface area contributed by atoms with E-state index in [0.717, 1.165) is 6.42 Å². The van der Waals surface area contributed by atoms with Crippen LogP contribution in [0.2, 0.25) is 0 Å². The molecule has 0 N–H and O–H groups in total. The van der Waals surface area contributed by atoms with E-state index in [2.05, 4.69) is 31.2 Å². The molecule has 0 saturated heterocycles. The summed E-state index contributed by atoms with van der Waals surface area (Å²) in [5.41, 5.74) is 2.94. The summed E-state index contributed by atoms with van der Waals surface area (Å²) in [6.07, 6.45) is 11.8. The molecule has 0 amide bonds. The smallest absolute Gasteiger partial charge is 0.195 e. The molecule has 124 valence electrons. The molecule has 0 heterocycles. The lowest BCUT2D eigenvalue weighted by Crippen LogP contribution is -2.13. The molecule has 1 fully saturated rings. The zero-order valence-electron chi connectivity index (χ0n) is 14.2. The average Bonchev–Trinajstić information content (AvgIpc) is 2.61. The van der Waals surface area contributed by atoms with Crippen LogP contribution in [0.5, 0.6) is 0 Å². The minimum absolute atomic E-state index is 0.637. The molecule has 0 unspecified atom stereocenters. The monoisotopic (exact) mass is 313 g/mol. The maximum Gasteiger partial charge on any atom is 0.196 e. The van der Waals surface area contributed by atoms with Gasteiger partial charge in [-0.05, 0) is 80.4 Å². The van der Waals surface area contributed by atoms with Gasteiger partial charge in [-0.15, -0.1) is 0 Å². The van der Waals surface area contributed by atoms with E-state index in [1.54, 1.807) is 6.07 Å². The number of hydrogen-bond donors (Lipinski definition) is 0. The summed E-state index contributed by atoms with van der Waals surface area (Å²) < 4.78 is 12.8. The molecule has 0 spiro atoms. The van der Waals surface area contributed by atoms with Gasteiger partial charge in [0.25, 0.3) is 0 Å². The van der Waals surface area contributed by atoms with Crippen molar-refractivity contribution in [2.45, 2.75) is 70.6 Å². The number of halogens is 1. The lowest BCUT2D eigenvalue weighted by Gasteiger charge is -2.28. The Kier molecular flexibility index (Phi) is 7.33. The standard InChI is InChI=1S/C21H28FN/c1-2-3-5-17-8-12-19(13-9-17)20-14-10-18(11-15-20)6-4-7-21(22)16-23/h7-9,12-13,18,20H,2-6,10-11,14-15H2,1H3/b21-7-/t18-,20-. The topological polar surface area (TPSA) is 23.8 Å². The number of hydrogen-bond acceptors (Lipinski definition) is 1. The largest absolute Gasteiger partial charge is 0.196 e. The fraction of sp³-hybridized carbons (Fsp3) is 0.571. The number of aryl methyl sites for hydroxylation is 1. The molecule has 0 aliphatic heterocycles. The van der Waals surface area contributed by atoms with E-state index in [-0.39, 0.29) is 0 Å². The number of unbranched alkanes of at least 4 members (excludes halogenated alkanes) is 1. The molecule has 0 bridgehead atoms. The Hall–Kier alpha value is -1.62. The van der Waals surface area contributed by atoms with Crippen molar-refractivity contribution >= 4 is 0 Å². The van der Waals surface area contributed by atoms with Crippen LogP contribution < -0.4 is 0 Å². The van der Waals surface area contributed by atoms with Gasteiger partial charge in [0, 0.05) is 0 Å². The number of nitrogens with zero attached hydrogens (tertiary/aromatic N) is 1. The lowest BCUT2D eigenvalue weighted by atomic mass is 9.77. The van der Waals surface area contributed by atoms with Gasteiger partial charge in [0.15, 0.2) is 5.83 Å². The Morgan fingerprint density at radius 2 is 1.91 bits per heavy atom. The second-order valence-electron chi connectivity index (χ2n) is 6.80. The molecule has 0 radical (unpaired) electrons. The third kappa shape index (κ3) is 5.82. The Morgan fingerprint density at radius 3 is 2.52 bits per heavy atom. The van der Waals surface area contributed by atoms with Gasteiger partial charge in [-0.25, -0.2) is 0 Å². The highest BCUT2D eigenvalue weighted by Crippen LogP contribution is 2.37. The van der Waals surface area contributed by atoms with E-state index < -0.39 is 5.83 Å². The second-order valence-corrected chi connectivity index (χ2v) is 6.80. The third-order valence-electron chi connectivity index (χ3n) is 5.12. The Morgan fingerprint density at radius 1 is 1.22 bits per heavy atom. The fourth-order valence-electron chi connectivity index (χ4n) is 3.61. The van der Waals surface area contributed by atoms with E-state index in [1.807, 2.05) is 0 Å². The van der Waals surface area contributed by atoms with Gasteiger partial charge < -0.3 is 0 Å². The highest BCUT2D eigenvalue weighted by atomic mass is 19.1. The first kappa shape index (κ1) is 17.7. The normalized spacial score (nSPS) is 21.9. The molecular weight excluding hydrogens is 285 g/mol. The van der Waals surface area contributed by atoms with Crippen LogP contribution >= 0.6 is 0 Å². The van der Waals surface area contributed by atoms with E-state index in [1.165, 1.54) is 62.1 Å². The summed E-state index contributed by atoms with van der Waals surface area (Å²) in [4.78, 5) is 0. The Bertz CT molecular complexity index is 530. The van der Waals surface area contributed by atoms with Gasteiger partial charge in [-0.2, -0.15) is 9.65 Å². The lowest BCUT2D eigenvalue weighted by molar-refractivity contribution is 0.311. The van der Waals surface area contributed by atoms with Gasteiger partial charge in [0.05, 0.1) is 0 Å². The molecule has 1 nitrogen and oxygen atoms in total. The molecule has 0 atom stereocenters. The minimum atomic E-state index is -0.637. The Balaban J connectivity index is 1.77. The first-order valence-electron chi connectivity index (χ1n) is 9.07. The van der Waals surface area contributed by atoms with E-state index in [4.69, 9.17) is 5.26 Å². The van der Waals surface area contributed by atoms with Crippen molar-refractivity contribution in [3.8, 4) is 6.07 Å². The average molecular weight is 313 g/mol. The molecule has 1 aliphatic carbocycles. The predicted octanol–water partition coefficient (Wildman–Crippen LogP) is 6.46. The van der Waals surface area contributed by atoms with Crippen molar-refractivity contribution < 1.29 is 4.39 Å². The zero-order valence-corrected chi connectivity index (χ0v) is 14.2. The first-order valence-corrected chi connectivity index (χ1v) is 9.07. The molecular formula is C21H28FN. The summed E-state index contributed by atoms with van der Waals surface area (Å²) in [5, 5.41) is 8.41. The van der Waals surface area contributed by atoms with Crippen LogP contribution in [0.4, 0.5) is 4.39 Å². The van der Waals surface area contributed by atoms with Crippen molar-refractivity contribution in [2.24, 2.45) is 5.92 Å². The maximum absolute atomic E-state index is 12.8. The Labute approximate surface area is 140 Å². The summed E-state index contributed by atoms with van der Waals surface area (Å²) in [7, 11) is 0. The summed E-state index contributed by atoms with van der Waals surface area (Å²) in [6, 6.07) is 10.8. The van der Waals surface area contributed by atoms with Crippen LogP contribution in [0.3, 0.4) is 0 Å². The molecule has 2 heteroatoms. The summed E-state index contributed by atoms with van der Waals surface area (Å²) in [6.45, 7) is 2.23. The highest BCUT2D eigenvalue weighted by molar-refractivity contribution is 5.26. The fourth-order valence-corrected chi connectivity index (χ4v) is 3.61. The molecule has 2 rings (SSSR count). The minimum Gasteiger partial charge on any atom is -0.195 e. The summed E-state index contributed by atoms with van der Waals surface area (Å²) >= 11 is 0. The number of nitriles is 1. The second kappa shape index (κ2) is 9.50. The zero-order chi connectivity index (χ0) is 16.5. The van der Waals surface area contributed by atoms with Crippen molar-refractivity contribution in [2.75, 3.05) is 0 Å². The number of rotatable bonds is 7. The van der Waals surface area contributed by atoms with Gasteiger partial charge in [-0.1, -0.05) is 37.6 Å². The van der Waals surface area contributed by atoms with E-state index >= 15 is 0 Å². The van der Waals surface area contributed by atoms with Crippen LogP contribution in [-0.2, 0) is 6.42 Å². The van der Waals surface area contributed by atoms with Gasteiger partial charge in [-0.3, -0.25) is 0 Å². The third-order valence-corrected chi connectivity index (χ3v) is 5.12. The van der Waals surface area contributed by atoms with Crippen LogP contribution in [0, 0.1) is 17.2 Å². The molecule has 1 aromatic carbocycles. The summed E-state index contributed by atoms with van der Waals surface area (Å²) in [5.74, 6) is 0.748. The number of allylic oxidation sites excluding steroid dienone is 2. The highest BCUT2D eigenvalue weighted by Gasteiger charge is 2.21. The van der Waals surface area contributed by atoms with E-state index in [9.17, 15) is 4.39 Å². The van der Waals surface area contributed by atoms with Gasteiger partial charge in [0.2, 0.25) is 0 Å². The molecule has 0 aromatic heterocycles.